The SMILES string of the molecule is CC(C)CNCc1ccnc(-n2nnc3ccccc32)c1. The lowest BCUT2D eigenvalue weighted by Crippen LogP contribution is -2.19. The first-order valence-electron chi connectivity index (χ1n) is 7.20. The summed E-state index contributed by atoms with van der Waals surface area (Å²) in [5.41, 5.74) is 3.04. The second-order valence-corrected chi connectivity index (χ2v) is 5.54. The minimum absolute atomic E-state index is 0.644. The number of rotatable bonds is 5. The average Bonchev–Trinajstić information content (AvgIpc) is 2.91. The Balaban J connectivity index is 1.85. The summed E-state index contributed by atoms with van der Waals surface area (Å²) in [6.07, 6.45) is 1.82. The number of nitrogens with zero attached hydrogens (tertiary/aromatic N) is 4. The number of pyridine rings is 1. The highest BCUT2D eigenvalue weighted by Crippen LogP contribution is 2.15. The van der Waals surface area contributed by atoms with E-state index in [-0.39, 0.29) is 0 Å². The van der Waals surface area contributed by atoms with E-state index in [1.165, 1.54) is 5.56 Å². The van der Waals surface area contributed by atoms with E-state index < -0.39 is 0 Å². The highest BCUT2D eigenvalue weighted by molar-refractivity contribution is 5.75. The van der Waals surface area contributed by atoms with E-state index in [1.54, 1.807) is 4.68 Å². The maximum atomic E-state index is 4.41. The van der Waals surface area contributed by atoms with Crippen LogP contribution < -0.4 is 5.32 Å². The number of nitrogens with one attached hydrogen (secondary N) is 1. The fourth-order valence-corrected chi connectivity index (χ4v) is 2.23. The quantitative estimate of drug-likeness (QED) is 0.781. The van der Waals surface area contributed by atoms with Gasteiger partial charge in [0.1, 0.15) is 5.52 Å². The number of hydrogen-bond donors (Lipinski definition) is 1. The van der Waals surface area contributed by atoms with E-state index in [4.69, 9.17) is 0 Å². The second-order valence-electron chi connectivity index (χ2n) is 5.54. The van der Waals surface area contributed by atoms with E-state index in [2.05, 4.69) is 40.5 Å². The van der Waals surface area contributed by atoms with Crippen molar-refractivity contribution in [3.8, 4) is 5.82 Å². The third-order valence-electron chi connectivity index (χ3n) is 3.26. The van der Waals surface area contributed by atoms with E-state index in [0.717, 1.165) is 29.9 Å². The van der Waals surface area contributed by atoms with Gasteiger partial charge in [-0.05, 0) is 42.3 Å². The van der Waals surface area contributed by atoms with E-state index in [0.29, 0.717) is 5.92 Å². The van der Waals surface area contributed by atoms with E-state index in [1.807, 2.05) is 36.5 Å². The lowest BCUT2D eigenvalue weighted by atomic mass is 10.2. The second kappa shape index (κ2) is 6.01. The first-order valence-corrected chi connectivity index (χ1v) is 7.20. The molecule has 2 aromatic heterocycles. The number of benzene rings is 1. The Kier molecular flexibility index (Phi) is 3.92. The maximum absolute atomic E-state index is 4.41. The maximum Gasteiger partial charge on any atom is 0.156 e. The first-order chi connectivity index (χ1) is 10.2. The highest BCUT2D eigenvalue weighted by atomic mass is 15.4. The van der Waals surface area contributed by atoms with Gasteiger partial charge in [-0.3, -0.25) is 0 Å². The van der Waals surface area contributed by atoms with Crippen molar-refractivity contribution in [1.29, 1.82) is 0 Å². The van der Waals surface area contributed by atoms with Crippen LogP contribution in [-0.4, -0.2) is 26.5 Å². The van der Waals surface area contributed by atoms with Gasteiger partial charge >= 0.3 is 0 Å². The van der Waals surface area contributed by atoms with Gasteiger partial charge in [0.15, 0.2) is 5.82 Å². The predicted molar refractivity (Wildman–Crippen MR) is 83.2 cm³/mol. The van der Waals surface area contributed by atoms with E-state index in [9.17, 15) is 0 Å². The van der Waals surface area contributed by atoms with Crippen molar-refractivity contribution < 1.29 is 0 Å². The van der Waals surface area contributed by atoms with Crippen molar-refractivity contribution in [2.24, 2.45) is 5.92 Å². The Hall–Kier alpha value is -2.27. The van der Waals surface area contributed by atoms with Gasteiger partial charge in [0.2, 0.25) is 0 Å². The van der Waals surface area contributed by atoms with Crippen LogP contribution in [0, 0.1) is 5.92 Å². The monoisotopic (exact) mass is 281 g/mol. The zero-order valence-corrected chi connectivity index (χ0v) is 12.3. The summed E-state index contributed by atoms with van der Waals surface area (Å²) >= 11 is 0. The van der Waals surface area contributed by atoms with Gasteiger partial charge in [-0.1, -0.05) is 31.2 Å². The van der Waals surface area contributed by atoms with Crippen LogP contribution >= 0.6 is 0 Å². The Labute approximate surface area is 124 Å². The molecule has 0 saturated heterocycles. The van der Waals surface area contributed by atoms with Gasteiger partial charge < -0.3 is 5.32 Å². The molecule has 5 nitrogen and oxygen atoms in total. The molecular weight excluding hydrogens is 262 g/mol. The molecule has 0 unspecified atom stereocenters. The summed E-state index contributed by atoms with van der Waals surface area (Å²) in [4.78, 5) is 4.41. The van der Waals surface area contributed by atoms with Crippen molar-refractivity contribution in [3.63, 3.8) is 0 Å². The number of aromatic nitrogens is 4. The standard InChI is InChI=1S/C16H19N5/c1-12(2)10-17-11-13-7-8-18-16(9-13)21-15-6-4-3-5-14(15)19-20-21/h3-9,12,17H,10-11H2,1-2H3. The molecule has 0 amide bonds. The smallest absolute Gasteiger partial charge is 0.156 e. The summed E-state index contributed by atoms with van der Waals surface area (Å²) in [7, 11) is 0. The Morgan fingerprint density at radius 1 is 1.19 bits per heavy atom. The van der Waals surface area contributed by atoms with Crippen molar-refractivity contribution >= 4 is 11.0 Å². The van der Waals surface area contributed by atoms with Gasteiger partial charge in [-0.15, -0.1) is 5.10 Å². The molecule has 0 bridgehead atoms. The van der Waals surface area contributed by atoms with Gasteiger partial charge in [-0.25, -0.2) is 4.98 Å². The highest BCUT2D eigenvalue weighted by Gasteiger charge is 2.07. The van der Waals surface area contributed by atoms with Crippen LogP contribution in [0.1, 0.15) is 19.4 Å². The van der Waals surface area contributed by atoms with Crippen molar-refractivity contribution in [3.05, 3.63) is 48.2 Å². The third kappa shape index (κ3) is 3.08. The lowest BCUT2D eigenvalue weighted by Gasteiger charge is -2.08. The lowest BCUT2D eigenvalue weighted by molar-refractivity contribution is 0.552. The molecule has 2 heterocycles. The molecule has 1 aromatic carbocycles. The van der Waals surface area contributed by atoms with Gasteiger partial charge in [-0.2, -0.15) is 4.68 Å². The largest absolute Gasteiger partial charge is 0.312 e. The predicted octanol–water partition coefficient (Wildman–Crippen LogP) is 2.56. The molecule has 0 saturated carbocycles. The fourth-order valence-electron chi connectivity index (χ4n) is 2.23. The van der Waals surface area contributed by atoms with E-state index >= 15 is 0 Å². The summed E-state index contributed by atoms with van der Waals surface area (Å²) in [6, 6.07) is 12.0. The van der Waals surface area contributed by atoms with Crippen LogP contribution in [0.3, 0.4) is 0 Å². The Bertz CT molecular complexity index is 732. The summed E-state index contributed by atoms with van der Waals surface area (Å²) in [5.74, 6) is 1.44. The number of para-hydroxylation sites is 1. The summed E-state index contributed by atoms with van der Waals surface area (Å²) in [5, 5.41) is 11.8. The van der Waals surface area contributed by atoms with Crippen LogP contribution in [-0.2, 0) is 6.54 Å². The fraction of sp³-hybridized carbons (Fsp3) is 0.312. The molecule has 5 heteroatoms. The number of hydrogen-bond acceptors (Lipinski definition) is 4. The Morgan fingerprint density at radius 2 is 2.05 bits per heavy atom. The zero-order valence-electron chi connectivity index (χ0n) is 12.3. The van der Waals surface area contributed by atoms with Crippen LogP contribution in [0.4, 0.5) is 0 Å². The summed E-state index contributed by atoms with van der Waals surface area (Å²) in [6.45, 7) is 6.24. The van der Waals surface area contributed by atoms with Gasteiger partial charge in [0, 0.05) is 12.7 Å². The number of fused-ring (bicyclic) bond motifs is 1. The molecule has 0 spiro atoms. The molecule has 3 rings (SSSR count). The molecular formula is C16H19N5. The molecule has 0 aliphatic carbocycles. The molecule has 0 aliphatic rings. The molecule has 21 heavy (non-hydrogen) atoms. The molecule has 0 atom stereocenters. The minimum atomic E-state index is 0.644. The summed E-state index contributed by atoms with van der Waals surface area (Å²) < 4.78 is 1.78. The van der Waals surface area contributed by atoms with Crippen LogP contribution in [0.5, 0.6) is 0 Å². The van der Waals surface area contributed by atoms with Crippen LogP contribution in [0.25, 0.3) is 16.9 Å². The average molecular weight is 281 g/mol. The topological polar surface area (TPSA) is 55.6 Å². The Morgan fingerprint density at radius 3 is 2.90 bits per heavy atom. The first kappa shape index (κ1) is 13.7. The van der Waals surface area contributed by atoms with Crippen molar-refractivity contribution in [1.82, 2.24) is 25.3 Å². The van der Waals surface area contributed by atoms with Gasteiger partial charge in [0.05, 0.1) is 5.52 Å². The van der Waals surface area contributed by atoms with Crippen LogP contribution in [0.2, 0.25) is 0 Å². The third-order valence-corrected chi connectivity index (χ3v) is 3.26. The molecule has 0 radical (unpaired) electrons. The van der Waals surface area contributed by atoms with Gasteiger partial charge in [0.25, 0.3) is 0 Å². The van der Waals surface area contributed by atoms with Crippen molar-refractivity contribution in [2.75, 3.05) is 6.54 Å². The normalized spacial score (nSPS) is 11.4. The molecule has 108 valence electrons. The van der Waals surface area contributed by atoms with Crippen molar-refractivity contribution in [2.45, 2.75) is 20.4 Å². The zero-order chi connectivity index (χ0) is 14.7. The molecule has 0 fully saturated rings. The molecule has 3 aromatic rings. The van der Waals surface area contributed by atoms with Crippen LogP contribution in [0.15, 0.2) is 42.6 Å². The molecule has 0 aliphatic heterocycles. The molecule has 1 N–H and O–H groups in total. The minimum Gasteiger partial charge on any atom is -0.312 e.